The smallest absolute Gasteiger partial charge is 0.330 e. The van der Waals surface area contributed by atoms with Gasteiger partial charge in [-0.2, -0.15) is 0 Å². The first-order chi connectivity index (χ1) is 9.93. The lowest BCUT2D eigenvalue weighted by atomic mass is 9.95. The van der Waals surface area contributed by atoms with Crippen LogP contribution in [0.1, 0.15) is 40.5 Å². The van der Waals surface area contributed by atoms with Crippen molar-refractivity contribution in [3.05, 3.63) is 0 Å². The number of amides is 2. The van der Waals surface area contributed by atoms with Crippen LogP contribution < -0.4 is 10.6 Å². The lowest BCUT2D eigenvalue weighted by Crippen LogP contribution is -2.51. The van der Waals surface area contributed by atoms with Gasteiger partial charge < -0.3 is 20.8 Å². The highest BCUT2D eigenvalue weighted by atomic mass is 16.4. The number of hydrogen-bond acceptors (Lipinski definition) is 4. The Hall–Kier alpha value is -2.56. The third-order valence-corrected chi connectivity index (χ3v) is 2.86. The number of carbonyl (C=O) groups excluding carboxylic acids is 2. The molecule has 0 aliphatic carbocycles. The Morgan fingerprint density at radius 3 is 1.27 bits per heavy atom. The van der Waals surface area contributed by atoms with Gasteiger partial charge in [-0.05, 0) is 13.8 Å². The standard InChI is InChI=1S/C14H20N2O6/c1-9(17)15-13(3,11(19)20)7-5-6-8-14(4,12(21)22)16-10(2)18/h7-8H2,1-4H3,(H,15,17)(H,16,18)(H,19,20)(H,21,22). The van der Waals surface area contributed by atoms with E-state index in [1.54, 1.807) is 0 Å². The van der Waals surface area contributed by atoms with Gasteiger partial charge in [0.05, 0.1) is 0 Å². The van der Waals surface area contributed by atoms with Crippen LogP contribution in [0.15, 0.2) is 0 Å². The van der Waals surface area contributed by atoms with E-state index in [0.29, 0.717) is 0 Å². The summed E-state index contributed by atoms with van der Waals surface area (Å²) in [5, 5.41) is 22.8. The van der Waals surface area contributed by atoms with Crippen molar-refractivity contribution in [3.8, 4) is 11.8 Å². The van der Waals surface area contributed by atoms with Crippen molar-refractivity contribution < 1.29 is 29.4 Å². The predicted octanol–water partition coefficient (Wildman–Crippen LogP) is -0.271. The molecule has 0 saturated carbocycles. The largest absolute Gasteiger partial charge is 0.479 e. The summed E-state index contributed by atoms with van der Waals surface area (Å²) in [6, 6.07) is 0. The van der Waals surface area contributed by atoms with Crippen LogP contribution >= 0.6 is 0 Å². The minimum Gasteiger partial charge on any atom is -0.479 e. The second-order valence-corrected chi connectivity index (χ2v) is 5.34. The van der Waals surface area contributed by atoms with Gasteiger partial charge in [-0.3, -0.25) is 9.59 Å². The van der Waals surface area contributed by atoms with Crippen LogP contribution in [0.25, 0.3) is 0 Å². The normalized spacial score (nSPS) is 15.3. The average molecular weight is 312 g/mol. The van der Waals surface area contributed by atoms with E-state index in [1.165, 1.54) is 27.7 Å². The van der Waals surface area contributed by atoms with Crippen molar-refractivity contribution in [2.75, 3.05) is 0 Å². The van der Waals surface area contributed by atoms with Crippen LogP contribution in [0.3, 0.4) is 0 Å². The van der Waals surface area contributed by atoms with E-state index >= 15 is 0 Å². The quantitative estimate of drug-likeness (QED) is 0.499. The van der Waals surface area contributed by atoms with Gasteiger partial charge >= 0.3 is 11.9 Å². The molecular formula is C14H20N2O6. The fourth-order valence-electron chi connectivity index (χ4n) is 1.60. The second kappa shape index (κ2) is 7.45. The van der Waals surface area contributed by atoms with Crippen LogP contribution in [0.4, 0.5) is 0 Å². The summed E-state index contributed by atoms with van der Waals surface area (Å²) in [5.74, 6) is 1.55. The summed E-state index contributed by atoms with van der Waals surface area (Å²) in [7, 11) is 0. The lowest BCUT2D eigenvalue weighted by molar-refractivity contribution is -0.146. The van der Waals surface area contributed by atoms with Crippen LogP contribution in [-0.2, 0) is 19.2 Å². The first-order valence-electron chi connectivity index (χ1n) is 6.43. The van der Waals surface area contributed by atoms with Gasteiger partial charge in [-0.1, -0.05) is 0 Å². The number of aliphatic carboxylic acids is 2. The number of nitrogens with one attached hydrogen (secondary N) is 2. The van der Waals surface area contributed by atoms with Crippen molar-refractivity contribution in [2.24, 2.45) is 0 Å². The van der Waals surface area contributed by atoms with E-state index < -0.39 is 34.8 Å². The summed E-state index contributed by atoms with van der Waals surface area (Å²) >= 11 is 0. The Labute approximate surface area is 128 Å². The molecule has 22 heavy (non-hydrogen) atoms. The van der Waals surface area contributed by atoms with Crippen molar-refractivity contribution in [1.29, 1.82) is 0 Å². The minimum atomic E-state index is -1.56. The SMILES string of the molecule is CC(=O)NC(C)(CC#CCC(C)(NC(C)=O)C(=O)O)C(=O)O. The number of hydrogen-bond donors (Lipinski definition) is 4. The molecule has 4 N–H and O–H groups in total. The summed E-state index contributed by atoms with van der Waals surface area (Å²) in [6.45, 7) is 4.98. The molecule has 0 fully saturated rings. The van der Waals surface area contributed by atoms with Gasteiger partial charge in [-0.25, -0.2) is 9.59 Å². The first kappa shape index (κ1) is 19.4. The van der Waals surface area contributed by atoms with E-state index in [4.69, 9.17) is 10.2 Å². The fourth-order valence-corrected chi connectivity index (χ4v) is 1.60. The van der Waals surface area contributed by atoms with E-state index in [-0.39, 0.29) is 12.8 Å². The van der Waals surface area contributed by atoms with Crippen LogP contribution in [0, 0.1) is 11.8 Å². The maximum atomic E-state index is 11.2. The zero-order chi connectivity index (χ0) is 17.6. The van der Waals surface area contributed by atoms with Crippen molar-refractivity contribution in [2.45, 2.75) is 51.6 Å². The predicted molar refractivity (Wildman–Crippen MR) is 76.7 cm³/mol. The lowest BCUT2D eigenvalue weighted by Gasteiger charge is -2.24. The monoisotopic (exact) mass is 312 g/mol. The molecule has 0 aromatic rings. The van der Waals surface area contributed by atoms with Crippen molar-refractivity contribution in [3.63, 3.8) is 0 Å². The molecule has 2 unspecified atom stereocenters. The summed E-state index contributed by atoms with van der Waals surface area (Å²) in [6.07, 6.45) is -0.393. The molecule has 0 aliphatic heterocycles. The topological polar surface area (TPSA) is 133 Å². The van der Waals surface area contributed by atoms with Gasteiger partial charge in [0.15, 0.2) is 0 Å². The highest BCUT2D eigenvalue weighted by Crippen LogP contribution is 2.11. The maximum Gasteiger partial charge on any atom is 0.330 e. The van der Waals surface area contributed by atoms with E-state index in [2.05, 4.69) is 22.5 Å². The number of rotatable bonds is 6. The van der Waals surface area contributed by atoms with Crippen molar-refractivity contribution >= 4 is 23.8 Å². The van der Waals surface area contributed by atoms with Crippen LogP contribution in [-0.4, -0.2) is 45.0 Å². The molecule has 2 atom stereocenters. The Kier molecular flexibility index (Phi) is 6.58. The zero-order valence-corrected chi connectivity index (χ0v) is 12.9. The van der Waals surface area contributed by atoms with Gasteiger partial charge in [0.2, 0.25) is 11.8 Å². The molecule has 0 heterocycles. The number of carboxylic acid groups (broad SMARTS) is 2. The molecule has 0 aliphatic rings. The van der Waals surface area contributed by atoms with Gasteiger partial charge in [-0.15, -0.1) is 11.8 Å². The Morgan fingerprint density at radius 1 is 0.818 bits per heavy atom. The molecule has 122 valence electrons. The summed E-state index contributed by atoms with van der Waals surface area (Å²) in [4.78, 5) is 44.4. The fraction of sp³-hybridized carbons (Fsp3) is 0.571. The van der Waals surface area contributed by atoms with E-state index in [1.807, 2.05) is 0 Å². The van der Waals surface area contributed by atoms with Crippen LogP contribution in [0.5, 0.6) is 0 Å². The molecule has 0 bridgehead atoms. The van der Waals surface area contributed by atoms with E-state index in [0.717, 1.165) is 0 Å². The number of carboxylic acids is 2. The highest BCUT2D eigenvalue weighted by Gasteiger charge is 2.34. The second-order valence-electron chi connectivity index (χ2n) is 5.34. The van der Waals surface area contributed by atoms with Gasteiger partial charge in [0, 0.05) is 26.7 Å². The molecular weight excluding hydrogens is 292 g/mol. The molecule has 0 radical (unpaired) electrons. The Bertz CT molecular complexity index is 501. The molecule has 0 rings (SSSR count). The Balaban J connectivity index is 5.00. The summed E-state index contributed by atoms with van der Waals surface area (Å²) < 4.78 is 0. The summed E-state index contributed by atoms with van der Waals surface area (Å²) in [5.41, 5.74) is -3.13. The first-order valence-corrected chi connectivity index (χ1v) is 6.43. The molecule has 0 aromatic carbocycles. The molecule has 0 spiro atoms. The number of carbonyl (C=O) groups is 4. The molecule has 0 aromatic heterocycles. The zero-order valence-electron chi connectivity index (χ0n) is 12.9. The van der Waals surface area contributed by atoms with Crippen LogP contribution in [0.2, 0.25) is 0 Å². The minimum absolute atomic E-state index is 0.197. The van der Waals surface area contributed by atoms with Gasteiger partial charge in [0.1, 0.15) is 11.1 Å². The van der Waals surface area contributed by atoms with Crippen molar-refractivity contribution in [1.82, 2.24) is 10.6 Å². The average Bonchev–Trinajstić information content (AvgIpc) is 2.32. The highest BCUT2D eigenvalue weighted by molar-refractivity contribution is 5.86. The molecule has 0 saturated heterocycles. The molecule has 8 heteroatoms. The van der Waals surface area contributed by atoms with Gasteiger partial charge in [0.25, 0.3) is 0 Å². The van der Waals surface area contributed by atoms with E-state index in [9.17, 15) is 19.2 Å². The molecule has 8 nitrogen and oxygen atoms in total. The molecule has 2 amide bonds. The maximum absolute atomic E-state index is 11.2. The third kappa shape index (κ3) is 5.83. The Morgan fingerprint density at radius 2 is 1.09 bits per heavy atom. The third-order valence-electron chi connectivity index (χ3n) is 2.86.